The molecule has 0 bridgehead atoms. The molecular weight excluding hydrogens is 250 g/mol. The monoisotopic (exact) mass is 269 g/mol. The smallest absolute Gasteiger partial charge is 0.318 e. The lowest BCUT2D eigenvalue weighted by atomic mass is 10.1. The van der Waals surface area contributed by atoms with Gasteiger partial charge in [-0.3, -0.25) is 9.59 Å². The van der Waals surface area contributed by atoms with Crippen molar-refractivity contribution in [1.82, 2.24) is 15.5 Å². The molecule has 0 aromatic carbocycles. The van der Waals surface area contributed by atoms with E-state index in [1.54, 1.807) is 0 Å². The molecule has 2 fully saturated rings. The van der Waals surface area contributed by atoms with Crippen molar-refractivity contribution < 1.29 is 19.5 Å². The zero-order chi connectivity index (χ0) is 13.8. The van der Waals surface area contributed by atoms with Crippen molar-refractivity contribution in [3.05, 3.63) is 0 Å². The molecular formula is C12H19N3O4. The standard InChI is InChI=1S/C12H19N3O4/c16-10(17)5-7-15(8-3-4-8)12(19)14-9-2-1-6-13-11(9)18/h8-9H,1-7H2,(H,13,18)(H,14,19)(H,16,17). The highest BCUT2D eigenvalue weighted by Gasteiger charge is 2.34. The van der Waals surface area contributed by atoms with E-state index in [0.29, 0.717) is 13.0 Å². The van der Waals surface area contributed by atoms with Crippen LogP contribution in [0.1, 0.15) is 32.1 Å². The van der Waals surface area contributed by atoms with Gasteiger partial charge in [-0.25, -0.2) is 4.79 Å². The number of carboxylic acids is 1. The maximum Gasteiger partial charge on any atom is 0.318 e. The topological polar surface area (TPSA) is 98.7 Å². The Morgan fingerprint density at radius 2 is 2.11 bits per heavy atom. The molecule has 3 amide bonds. The molecule has 2 rings (SSSR count). The molecule has 3 N–H and O–H groups in total. The Labute approximate surface area is 111 Å². The molecule has 2 aliphatic rings. The second-order valence-corrected chi connectivity index (χ2v) is 5.00. The number of carbonyl (C=O) groups excluding carboxylic acids is 2. The molecule has 1 heterocycles. The molecule has 1 saturated carbocycles. The van der Waals surface area contributed by atoms with Crippen LogP contribution in [0, 0.1) is 0 Å². The zero-order valence-electron chi connectivity index (χ0n) is 10.7. The molecule has 7 heteroatoms. The Hall–Kier alpha value is -1.79. The van der Waals surface area contributed by atoms with Gasteiger partial charge in [0, 0.05) is 19.1 Å². The van der Waals surface area contributed by atoms with Gasteiger partial charge < -0.3 is 20.6 Å². The fraction of sp³-hybridized carbons (Fsp3) is 0.750. The maximum atomic E-state index is 12.1. The van der Waals surface area contributed by atoms with Crippen LogP contribution in [0.5, 0.6) is 0 Å². The highest BCUT2D eigenvalue weighted by molar-refractivity contribution is 5.87. The van der Waals surface area contributed by atoms with Crippen LogP contribution in [0.3, 0.4) is 0 Å². The minimum atomic E-state index is -0.922. The van der Waals surface area contributed by atoms with Gasteiger partial charge in [-0.15, -0.1) is 0 Å². The molecule has 0 aromatic heterocycles. The van der Waals surface area contributed by atoms with Gasteiger partial charge in [0.2, 0.25) is 5.91 Å². The summed E-state index contributed by atoms with van der Waals surface area (Å²) in [5, 5.41) is 14.1. The van der Waals surface area contributed by atoms with Crippen molar-refractivity contribution in [2.75, 3.05) is 13.1 Å². The van der Waals surface area contributed by atoms with Crippen LogP contribution >= 0.6 is 0 Å². The largest absolute Gasteiger partial charge is 0.481 e. The SMILES string of the molecule is O=C(O)CCN(C(=O)NC1CCCNC1=O)C1CC1. The first-order valence-corrected chi connectivity index (χ1v) is 6.64. The average molecular weight is 269 g/mol. The lowest BCUT2D eigenvalue weighted by Crippen LogP contribution is -2.54. The number of carbonyl (C=O) groups is 3. The van der Waals surface area contributed by atoms with Crippen molar-refractivity contribution in [1.29, 1.82) is 0 Å². The number of nitrogens with one attached hydrogen (secondary N) is 2. The number of nitrogens with zero attached hydrogens (tertiary/aromatic N) is 1. The van der Waals surface area contributed by atoms with Gasteiger partial charge in [0.15, 0.2) is 0 Å². The summed E-state index contributed by atoms with van der Waals surface area (Å²) >= 11 is 0. The molecule has 0 radical (unpaired) electrons. The Morgan fingerprint density at radius 1 is 1.37 bits per heavy atom. The summed E-state index contributed by atoms with van der Waals surface area (Å²) < 4.78 is 0. The van der Waals surface area contributed by atoms with E-state index in [1.807, 2.05) is 0 Å². The first kappa shape index (κ1) is 13.6. The molecule has 0 spiro atoms. The molecule has 7 nitrogen and oxygen atoms in total. The number of aliphatic carboxylic acids is 1. The molecule has 19 heavy (non-hydrogen) atoms. The summed E-state index contributed by atoms with van der Waals surface area (Å²) in [4.78, 5) is 35.8. The minimum absolute atomic E-state index is 0.0687. The molecule has 106 valence electrons. The van der Waals surface area contributed by atoms with Crippen molar-refractivity contribution in [2.45, 2.75) is 44.2 Å². The molecule has 1 atom stereocenters. The fourth-order valence-electron chi connectivity index (χ4n) is 2.19. The average Bonchev–Trinajstić information content (AvgIpc) is 3.16. The Bertz CT molecular complexity index is 381. The van der Waals surface area contributed by atoms with Crippen molar-refractivity contribution in [3.63, 3.8) is 0 Å². The van der Waals surface area contributed by atoms with E-state index in [4.69, 9.17) is 5.11 Å². The van der Waals surface area contributed by atoms with Gasteiger partial charge in [0.1, 0.15) is 6.04 Å². The lowest BCUT2D eigenvalue weighted by molar-refractivity contribution is -0.137. The summed E-state index contributed by atoms with van der Waals surface area (Å²) in [6, 6.07) is -0.691. The summed E-state index contributed by atoms with van der Waals surface area (Å²) in [5.74, 6) is -1.08. The molecule has 1 saturated heterocycles. The second kappa shape index (κ2) is 5.90. The quantitative estimate of drug-likeness (QED) is 0.649. The number of carboxylic acid groups (broad SMARTS) is 1. The number of piperidine rings is 1. The van der Waals surface area contributed by atoms with Crippen molar-refractivity contribution >= 4 is 17.9 Å². The fourth-order valence-corrected chi connectivity index (χ4v) is 2.19. The van der Waals surface area contributed by atoms with E-state index in [0.717, 1.165) is 19.3 Å². The number of hydrogen-bond acceptors (Lipinski definition) is 3. The first-order valence-electron chi connectivity index (χ1n) is 6.64. The lowest BCUT2D eigenvalue weighted by Gasteiger charge is -2.27. The van der Waals surface area contributed by atoms with E-state index in [2.05, 4.69) is 10.6 Å². The summed E-state index contributed by atoms with van der Waals surface area (Å²) in [6.45, 7) is 0.844. The Kier molecular flexibility index (Phi) is 4.24. The summed E-state index contributed by atoms with van der Waals surface area (Å²) in [7, 11) is 0. The van der Waals surface area contributed by atoms with E-state index < -0.39 is 12.0 Å². The molecule has 0 aromatic rings. The molecule has 1 aliphatic heterocycles. The number of rotatable bonds is 5. The van der Waals surface area contributed by atoms with Gasteiger partial charge in [0.25, 0.3) is 0 Å². The molecule has 1 aliphatic carbocycles. The van der Waals surface area contributed by atoms with Crippen molar-refractivity contribution in [2.24, 2.45) is 0 Å². The highest BCUT2D eigenvalue weighted by Crippen LogP contribution is 2.27. The predicted molar refractivity (Wildman–Crippen MR) is 66.5 cm³/mol. The maximum absolute atomic E-state index is 12.1. The predicted octanol–water partition coefficient (Wildman–Crippen LogP) is -0.0863. The van der Waals surface area contributed by atoms with Gasteiger partial charge >= 0.3 is 12.0 Å². The van der Waals surface area contributed by atoms with Gasteiger partial charge in [-0.1, -0.05) is 0 Å². The first-order chi connectivity index (χ1) is 9.08. The van der Waals surface area contributed by atoms with Gasteiger partial charge in [-0.05, 0) is 25.7 Å². The van der Waals surface area contributed by atoms with Crippen LogP contribution in [0.2, 0.25) is 0 Å². The number of urea groups is 1. The summed E-state index contributed by atoms with van der Waals surface area (Å²) in [5.41, 5.74) is 0. The third kappa shape index (κ3) is 3.84. The zero-order valence-corrected chi connectivity index (χ0v) is 10.7. The van der Waals surface area contributed by atoms with E-state index in [1.165, 1.54) is 4.90 Å². The Morgan fingerprint density at radius 3 is 2.68 bits per heavy atom. The second-order valence-electron chi connectivity index (χ2n) is 5.00. The summed E-state index contributed by atoms with van der Waals surface area (Å²) in [6.07, 6.45) is 3.22. The minimum Gasteiger partial charge on any atom is -0.481 e. The number of amides is 3. The van der Waals surface area contributed by atoms with Crippen LogP contribution in [0.4, 0.5) is 4.79 Å². The van der Waals surface area contributed by atoms with Crippen LogP contribution in [-0.4, -0.2) is 53.1 Å². The van der Waals surface area contributed by atoms with E-state index >= 15 is 0 Å². The van der Waals surface area contributed by atoms with E-state index in [9.17, 15) is 14.4 Å². The highest BCUT2D eigenvalue weighted by atomic mass is 16.4. The third-order valence-electron chi connectivity index (χ3n) is 3.40. The van der Waals surface area contributed by atoms with Crippen LogP contribution < -0.4 is 10.6 Å². The Balaban J connectivity index is 1.87. The van der Waals surface area contributed by atoms with E-state index in [-0.39, 0.29) is 30.9 Å². The number of hydrogen-bond donors (Lipinski definition) is 3. The molecule has 1 unspecified atom stereocenters. The third-order valence-corrected chi connectivity index (χ3v) is 3.40. The normalized spacial score (nSPS) is 22.5. The van der Waals surface area contributed by atoms with Crippen LogP contribution in [0.15, 0.2) is 0 Å². The van der Waals surface area contributed by atoms with Crippen LogP contribution in [-0.2, 0) is 9.59 Å². The van der Waals surface area contributed by atoms with Gasteiger partial charge in [0.05, 0.1) is 6.42 Å². The van der Waals surface area contributed by atoms with Gasteiger partial charge in [-0.2, -0.15) is 0 Å². The van der Waals surface area contributed by atoms with Crippen LogP contribution in [0.25, 0.3) is 0 Å². The van der Waals surface area contributed by atoms with Crippen molar-refractivity contribution in [3.8, 4) is 0 Å².